The van der Waals surface area contributed by atoms with Gasteiger partial charge in [-0.1, -0.05) is 13.8 Å². The fraction of sp³-hybridized carbons (Fsp3) is 1.00. The summed E-state index contributed by atoms with van der Waals surface area (Å²) in [4.78, 5) is 0. The standard InChI is InChI=1S/C19H32O2/c1-18-9-7-13(20)11-12(18)3-4-14-15-5-6-17(21)19(15,2)10-8-16(14)18/h12-17,20-21H,3-11H2,1-2H3/t12?,13-,14-,15?,16?,17-,18-,19-/m0/s1. The van der Waals surface area contributed by atoms with E-state index in [4.69, 9.17) is 0 Å². The van der Waals surface area contributed by atoms with Crippen molar-refractivity contribution in [2.24, 2.45) is 34.5 Å². The molecule has 4 aliphatic carbocycles. The van der Waals surface area contributed by atoms with Crippen LogP contribution >= 0.6 is 0 Å². The summed E-state index contributed by atoms with van der Waals surface area (Å²) >= 11 is 0. The predicted molar refractivity (Wildman–Crippen MR) is 83.7 cm³/mol. The second-order valence-electron chi connectivity index (χ2n) is 9.22. The van der Waals surface area contributed by atoms with Gasteiger partial charge in [0.25, 0.3) is 0 Å². The van der Waals surface area contributed by atoms with Gasteiger partial charge in [-0.15, -0.1) is 0 Å². The molecule has 4 aliphatic rings. The van der Waals surface area contributed by atoms with Crippen molar-refractivity contribution in [3.05, 3.63) is 0 Å². The van der Waals surface area contributed by atoms with Crippen molar-refractivity contribution in [1.29, 1.82) is 0 Å². The van der Waals surface area contributed by atoms with Crippen molar-refractivity contribution >= 4 is 0 Å². The third-order valence-corrected chi connectivity index (χ3v) is 8.59. The van der Waals surface area contributed by atoms with Crippen LogP contribution in [0.5, 0.6) is 0 Å². The molecule has 0 saturated heterocycles. The summed E-state index contributed by atoms with van der Waals surface area (Å²) in [5.74, 6) is 3.21. The lowest BCUT2D eigenvalue weighted by Gasteiger charge is -2.60. The lowest BCUT2D eigenvalue weighted by molar-refractivity contribution is -0.133. The summed E-state index contributed by atoms with van der Waals surface area (Å²) in [6.07, 6.45) is 10.7. The number of fused-ring (bicyclic) bond motifs is 5. The van der Waals surface area contributed by atoms with E-state index in [0.717, 1.165) is 42.9 Å². The maximum absolute atomic E-state index is 10.5. The highest BCUT2D eigenvalue weighted by molar-refractivity contribution is 5.09. The van der Waals surface area contributed by atoms with E-state index in [9.17, 15) is 10.2 Å². The minimum atomic E-state index is -0.0536. The lowest BCUT2D eigenvalue weighted by atomic mass is 9.45. The first-order valence-corrected chi connectivity index (χ1v) is 9.31. The Morgan fingerprint density at radius 2 is 1.48 bits per heavy atom. The van der Waals surface area contributed by atoms with Crippen LogP contribution in [0.25, 0.3) is 0 Å². The fourth-order valence-corrected chi connectivity index (χ4v) is 7.21. The molecule has 0 radical (unpaired) electrons. The predicted octanol–water partition coefficient (Wildman–Crippen LogP) is 3.75. The minimum absolute atomic E-state index is 0.0400. The summed E-state index contributed by atoms with van der Waals surface area (Å²) in [6, 6.07) is 0. The molecule has 0 aromatic heterocycles. The van der Waals surface area contributed by atoms with Crippen LogP contribution in [-0.4, -0.2) is 22.4 Å². The van der Waals surface area contributed by atoms with Gasteiger partial charge in [0.05, 0.1) is 12.2 Å². The van der Waals surface area contributed by atoms with E-state index in [-0.39, 0.29) is 17.6 Å². The summed E-state index contributed by atoms with van der Waals surface area (Å²) in [7, 11) is 0. The zero-order valence-corrected chi connectivity index (χ0v) is 13.7. The highest BCUT2D eigenvalue weighted by atomic mass is 16.3. The summed E-state index contributed by atoms with van der Waals surface area (Å²) in [5.41, 5.74) is 0.676. The molecular weight excluding hydrogens is 260 g/mol. The van der Waals surface area contributed by atoms with E-state index >= 15 is 0 Å². The molecule has 0 bridgehead atoms. The first kappa shape index (κ1) is 14.5. The molecule has 4 saturated carbocycles. The van der Waals surface area contributed by atoms with Gasteiger partial charge >= 0.3 is 0 Å². The van der Waals surface area contributed by atoms with Gasteiger partial charge in [0.1, 0.15) is 0 Å². The Kier molecular flexibility index (Phi) is 3.25. The maximum Gasteiger partial charge on any atom is 0.0596 e. The molecular formula is C19H32O2. The number of rotatable bonds is 0. The SMILES string of the molecule is C[C@]12CC[C@H](O)CC1CC[C@@H]1C2CC[C@@]2(C)C1CC[C@@H]2O. The van der Waals surface area contributed by atoms with Crippen LogP contribution in [0.3, 0.4) is 0 Å². The van der Waals surface area contributed by atoms with E-state index in [1.807, 2.05) is 0 Å². The molecule has 2 heteroatoms. The molecule has 120 valence electrons. The Labute approximate surface area is 129 Å². The van der Waals surface area contributed by atoms with Gasteiger partial charge in [-0.2, -0.15) is 0 Å². The third kappa shape index (κ3) is 1.91. The van der Waals surface area contributed by atoms with E-state index in [2.05, 4.69) is 13.8 Å². The summed E-state index contributed by atoms with van der Waals surface area (Å²) in [5, 5.41) is 20.5. The first-order chi connectivity index (χ1) is 9.95. The first-order valence-electron chi connectivity index (χ1n) is 9.31. The normalized spacial score (nSPS) is 60.0. The van der Waals surface area contributed by atoms with Gasteiger partial charge in [-0.05, 0) is 92.3 Å². The second-order valence-corrected chi connectivity index (χ2v) is 9.22. The summed E-state index contributed by atoms with van der Waals surface area (Å²) in [6.45, 7) is 4.90. The smallest absolute Gasteiger partial charge is 0.0596 e. The van der Waals surface area contributed by atoms with Gasteiger partial charge in [0.2, 0.25) is 0 Å². The molecule has 0 aromatic carbocycles. The maximum atomic E-state index is 10.5. The summed E-state index contributed by atoms with van der Waals surface area (Å²) < 4.78 is 0. The molecule has 0 aliphatic heterocycles. The van der Waals surface area contributed by atoms with Crippen molar-refractivity contribution in [2.45, 2.75) is 83.8 Å². The van der Waals surface area contributed by atoms with E-state index < -0.39 is 0 Å². The Morgan fingerprint density at radius 1 is 0.762 bits per heavy atom. The van der Waals surface area contributed by atoms with Crippen molar-refractivity contribution in [3.8, 4) is 0 Å². The Balaban J connectivity index is 1.62. The highest BCUT2D eigenvalue weighted by Gasteiger charge is 2.59. The van der Waals surface area contributed by atoms with Gasteiger partial charge < -0.3 is 10.2 Å². The van der Waals surface area contributed by atoms with E-state index in [0.29, 0.717) is 5.41 Å². The monoisotopic (exact) mass is 292 g/mol. The van der Waals surface area contributed by atoms with Crippen molar-refractivity contribution < 1.29 is 10.2 Å². The number of aliphatic hydroxyl groups is 2. The van der Waals surface area contributed by atoms with Gasteiger partial charge in [-0.3, -0.25) is 0 Å². The lowest BCUT2D eigenvalue weighted by Crippen LogP contribution is -2.54. The molecule has 4 fully saturated rings. The van der Waals surface area contributed by atoms with Gasteiger partial charge in [0.15, 0.2) is 0 Å². The zero-order chi connectivity index (χ0) is 14.8. The van der Waals surface area contributed by atoms with Crippen LogP contribution in [-0.2, 0) is 0 Å². The number of hydrogen-bond donors (Lipinski definition) is 2. The second kappa shape index (κ2) is 4.71. The molecule has 2 N–H and O–H groups in total. The van der Waals surface area contributed by atoms with Crippen LogP contribution in [0.15, 0.2) is 0 Å². The molecule has 8 atom stereocenters. The quantitative estimate of drug-likeness (QED) is 0.714. The van der Waals surface area contributed by atoms with Crippen LogP contribution in [0.1, 0.15) is 71.6 Å². The Hall–Kier alpha value is -0.0800. The fourth-order valence-electron chi connectivity index (χ4n) is 7.21. The van der Waals surface area contributed by atoms with Crippen molar-refractivity contribution in [3.63, 3.8) is 0 Å². The molecule has 0 amide bonds. The molecule has 21 heavy (non-hydrogen) atoms. The topological polar surface area (TPSA) is 40.5 Å². The Bertz CT molecular complexity index is 422. The number of aliphatic hydroxyl groups excluding tert-OH is 2. The molecule has 3 unspecified atom stereocenters. The third-order valence-electron chi connectivity index (χ3n) is 8.59. The molecule has 2 nitrogen and oxygen atoms in total. The average molecular weight is 292 g/mol. The van der Waals surface area contributed by atoms with E-state index in [1.165, 1.54) is 38.5 Å². The van der Waals surface area contributed by atoms with Crippen LogP contribution in [0.2, 0.25) is 0 Å². The van der Waals surface area contributed by atoms with Crippen LogP contribution in [0, 0.1) is 34.5 Å². The Morgan fingerprint density at radius 3 is 2.29 bits per heavy atom. The van der Waals surface area contributed by atoms with Crippen molar-refractivity contribution in [1.82, 2.24) is 0 Å². The van der Waals surface area contributed by atoms with E-state index in [1.54, 1.807) is 0 Å². The largest absolute Gasteiger partial charge is 0.393 e. The molecule has 0 heterocycles. The highest BCUT2D eigenvalue weighted by Crippen LogP contribution is 2.66. The van der Waals surface area contributed by atoms with Crippen molar-refractivity contribution in [2.75, 3.05) is 0 Å². The minimum Gasteiger partial charge on any atom is -0.393 e. The molecule has 4 rings (SSSR count). The average Bonchev–Trinajstić information content (AvgIpc) is 2.76. The van der Waals surface area contributed by atoms with Crippen LogP contribution < -0.4 is 0 Å². The van der Waals surface area contributed by atoms with Crippen LogP contribution in [0.4, 0.5) is 0 Å². The molecule has 0 aromatic rings. The zero-order valence-electron chi connectivity index (χ0n) is 13.7. The number of hydrogen-bond acceptors (Lipinski definition) is 2. The van der Waals surface area contributed by atoms with Gasteiger partial charge in [0, 0.05) is 0 Å². The molecule has 0 spiro atoms. The van der Waals surface area contributed by atoms with Gasteiger partial charge in [-0.25, -0.2) is 0 Å².